The second-order valence-corrected chi connectivity index (χ2v) is 11.5. The van der Waals surface area contributed by atoms with Crippen LogP contribution in [0.2, 0.25) is 0 Å². The number of piperidine rings is 2. The molecule has 0 aliphatic carbocycles. The van der Waals surface area contributed by atoms with Crippen LogP contribution in [0.3, 0.4) is 0 Å². The molecule has 2 aliphatic heterocycles. The first kappa shape index (κ1) is 24.0. The average Bonchev–Trinajstić information content (AvgIpc) is 2.82. The highest BCUT2D eigenvalue weighted by atomic mass is 32.2. The van der Waals surface area contributed by atoms with E-state index in [1.807, 2.05) is 16.7 Å². The normalized spacial score (nSPS) is 18.7. The molecule has 0 spiro atoms. The first-order valence-corrected chi connectivity index (χ1v) is 13.2. The van der Waals surface area contributed by atoms with Gasteiger partial charge in [0.1, 0.15) is 0 Å². The lowest BCUT2D eigenvalue weighted by Crippen LogP contribution is -2.49. The van der Waals surface area contributed by atoms with Crippen LogP contribution in [-0.4, -0.2) is 53.2 Å². The first-order valence-electron chi connectivity index (χ1n) is 12.3. The number of nitrogens with two attached hydrogens (primary N) is 2. The third-order valence-electron chi connectivity index (χ3n) is 7.11. The second-order valence-electron chi connectivity index (χ2n) is 9.83. The minimum absolute atomic E-state index is 0.00905. The fourth-order valence-corrected chi connectivity index (χ4v) is 6.04. The van der Waals surface area contributed by atoms with Gasteiger partial charge in [-0.15, -0.1) is 11.8 Å². The first-order chi connectivity index (χ1) is 15.9. The summed E-state index contributed by atoms with van der Waals surface area (Å²) in [4.78, 5) is 18.9. The Kier molecular flexibility index (Phi) is 7.86. The highest BCUT2D eigenvalue weighted by Gasteiger charge is 2.30. The highest BCUT2D eigenvalue weighted by Crippen LogP contribution is 2.29. The lowest BCUT2D eigenvalue weighted by atomic mass is 9.88. The number of benzene rings is 2. The third kappa shape index (κ3) is 6.04. The Morgan fingerprint density at radius 1 is 0.970 bits per heavy atom. The van der Waals surface area contributed by atoms with Crippen molar-refractivity contribution in [3.05, 3.63) is 53.6 Å². The number of rotatable bonds is 6. The maximum absolute atomic E-state index is 12.9. The van der Waals surface area contributed by atoms with Crippen molar-refractivity contribution in [2.45, 2.75) is 62.1 Å². The molecule has 2 fully saturated rings. The fraction of sp³-hybridized carbons (Fsp3) is 0.519. The number of carbonyl (C=O) groups is 1. The minimum atomic E-state index is 0.00905. The number of thioether (sulfide) groups is 1. The van der Waals surface area contributed by atoms with E-state index in [9.17, 15) is 4.79 Å². The van der Waals surface area contributed by atoms with Crippen molar-refractivity contribution in [3.8, 4) is 0 Å². The minimum Gasteiger partial charge on any atom is -0.397 e. The summed E-state index contributed by atoms with van der Waals surface area (Å²) in [7, 11) is 0. The summed E-state index contributed by atoms with van der Waals surface area (Å²) >= 11 is 1.93. The molecule has 0 saturated carbocycles. The molecule has 4 rings (SSSR count). The maximum Gasteiger partial charge on any atom is 0.256 e. The van der Waals surface area contributed by atoms with Gasteiger partial charge in [-0.05, 0) is 80.9 Å². The Morgan fingerprint density at radius 2 is 1.64 bits per heavy atom. The molecule has 0 atom stereocenters. The monoisotopic (exact) mass is 466 g/mol. The summed E-state index contributed by atoms with van der Waals surface area (Å²) in [6.07, 6.45) is 5.79. The number of amides is 1. The zero-order valence-corrected chi connectivity index (χ0v) is 20.8. The van der Waals surface area contributed by atoms with Gasteiger partial charge < -0.3 is 21.3 Å². The summed E-state index contributed by atoms with van der Waals surface area (Å²) in [6, 6.07) is 15.1. The van der Waals surface area contributed by atoms with E-state index < -0.39 is 0 Å². The number of nitrogens with zero attached hydrogens (tertiary/aromatic N) is 2. The topological polar surface area (TPSA) is 75.6 Å². The van der Waals surface area contributed by atoms with Gasteiger partial charge in [0, 0.05) is 29.3 Å². The Bertz CT molecular complexity index is 930. The van der Waals surface area contributed by atoms with E-state index in [0.29, 0.717) is 28.2 Å². The van der Waals surface area contributed by atoms with Crippen molar-refractivity contribution in [2.75, 3.05) is 37.6 Å². The molecule has 2 aromatic rings. The summed E-state index contributed by atoms with van der Waals surface area (Å²) in [5.41, 5.74) is 14.8. The van der Waals surface area contributed by atoms with Crippen molar-refractivity contribution < 1.29 is 4.79 Å². The van der Waals surface area contributed by atoms with E-state index in [4.69, 9.17) is 11.5 Å². The molecule has 2 aliphatic rings. The Hall–Kier alpha value is -2.18. The SMILES string of the molecule is CC(C)Sc1ccc(CC2CCN(C3CCN(C(=O)c4cccc(N)c4N)CC3)CC2)cc1. The number of anilines is 2. The van der Waals surface area contributed by atoms with Gasteiger partial charge in [0.2, 0.25) is 0 Å². The van der Waals surface area contributed by atoms with Gasteiger partial charge in [-0.3, -0.25) is 4.79 Å². The molecular formula is C27H38N4OS. The van der Waals surface area contributed by atoms with Gasteiger partial charge in [-0.2, -0.15) is 0 Å². The van der Waals surface area contributed by atoms with Crippen LogP contribution in [0, 0.1) is 5.92 Å². The Morgan fingerprint density at radius 3 is 2.27 bits per heavy atom. The number of hydrogen-bond acceptors (Lipinski definition) is 5. The van der Waals surface area contributed by atoms with Crippen LogP contribution in [0.5, 0.6) is 0 Å². The van der Waals surface area contributed by atoms with Crippen molar-refractivity contribution in [1.82, 2.24) is 9.80 Å². The van der Waals surface area contributed by atoms with Gasteiger partial charge >= 0.3 is 0 Å². The molecule has 5 nitrogen and oxygen atoms in total. The molecule has 6 heteroatoms. The lowest BCUT2D eigenvalue weighted by molar-refractivity contribution is 0.0553. The summed E-state index contributed by atoms with van der Waals surface area (Å²) < 4.78 is 0. The predicted octanol–water partition coefficient (Wildman–Crippen LogP) is 4.91. The number of carbonyl (C=O) groups excluding carboxylic acids is 1. The van der Waals surface area contributed by atoms with Crippen LogP contribution in [0.15, 0.2) is 47.4 Å². The van der Waals surface area contributed by atoms with Crippen LogP contribution in [0.1, 0.15) is 55.5 Å². The Labute approximate surface area is 202 Å². The Balaban J connectivity index is 1.22. The van der Waals surface area contributed by atoms with Crippen LogP contribution >= 0.6 is 11.8 Å². The molecule has 0 unspecified atom stereocenters. The van der Waals surface area contributed by atoms with Gasteiger partial charge in [0.25, 0.3) is 5.91 Å². The van der Waals surface area contributed by atoms with E-state index in [1.54, 1.807) is 18.2 Å². The maximum atomic E-state index is 12.9. The summed E-state index contributed by atoms with van der Waals surface area (Å²) in [5.74, 6) is 0.785. The van der Waals surface area contributed by atoms with Crippen LogP contribution < -0.4 is 11.5 Å². The predicted molar refractivity (Wildman–Crippen MR) is 140 cm³/mol. The summed E-state index contributed by atoms with van der Waals surface area (Å²) in [5, 5.41) is 0.625. The van der Waals surface area contributed by atoms with Gasteiger partial charge in [-0.25, -0.2) is 0 Å². The molecule has 33 heavy (non-hydrogen) atoms. The van der Waals surface area contributed by atoms with E-state index in [1.165, 1.54) is 42.8 Å². The van der Waals surface area contributed by atoms with Crippen LogP contribution in [0.4, 0.5) is 11.4 Å². The number of hydrogen-bond donors (Lipinski definition) is 2. The van der Waals surface area contributed by atoms with Crippen LogP contribution in [-0.2, 0) is 6.42 Å². The van der Waals surface area contributed by atoms with E-state index >= 15 is 0 Å². The molecule has 1 amide bonds. The van der Waals surface area contributed by atoms with E-state index in [0.717, 1.165) is 31.8 Å². The lowest BCUT2D eigenvalue weighted by Gasteiger charge is -2.42. The average molecular weight is 467 g/mol. The van der Waals surface area contributed by atoms with Crippen molar-refractivity contribution in [1.29, 1.82) is 0 Å². The largest absolute Gasteiger partial charge is 0.397 e. The molecule has 0 bridgehead atoms. The second kappa shape index (κ2) is 10.8. The highest BCUT2D eigenvalue weighted by molar-refractivity contribution is 7.99. The molecular weight excluding hydrogens is 428 g/mol. The molecule has 0 aromatic heterocycles. The molecule has 178 valence electrons. The van der Waals surface area contributed by atoms with Crippen molar-refractivity contribution in [3.63, 3.8) is 0 Å². The van der Waals surface area contributed by atoms with Gasteiger partial charge in [-0.1, -0.05) is 32.0 Å². The molecule has 2 heterocycles. The van der Waals surface area contributed by atoms with Gasteiger partial charge in [0.05, 0.1) is 16.9 Å². The standard InChI is InChI=1S/C27H38N4OS/c1-19(2)33-23-8-6-20(7-9-23)18-21-10-14-30(15-11-21)22-12-16-31(17-13-22)27(32)24-4-3-5-25(28)26(24)29/h3-9,19,21-22H,10-18,28-29H2,1-2H3. The smallest absolute Gasteiger partial charge is 0.256 e. The van der Waals surface area contributed by atoms with Crippen molar-refractivity contribution >= 4 is 29.0 Å². The zero-order chi connectivity index (χ0) is 23.4. The quantitative estimate of drug-likeness (QED) is 0.467. The van der Waals surface area contributed by atoms with Crippen molar-refractivity contribution in [2.24, 2.45) is 5.92 Å². The van der Waals surface area contributed by atoms with E-state index in [2.05, 4.69) is 43.0 Å². The zero-order valence-electron chi connectivity index (χ0n) is 20.0. The number of para-hydroxylation sites is 1. The fourth-order valence-electron chi connectivity index (χ4n) is 5.21. The number of likely N-dealkylation sites (tertiary alicyclic amines) is 2. The third-order valence-corrected chi connectivity index (χ3v) is 8.12. The van der Waals surface area contributed by atoms with Crippen LogP contribution in [0.25, 0.3) is 0 Å². The van der Waals surface area contributed by atoms with E-state index in [-0.39, 0.29) is 5.91 Å². The molecule has 0 radical (unpaired) electrons. The van der Waals surface area contributed by atoms with Gasteiger partial charge in [0.15, 0.2) is 0 Å². The molecule has 2 aromatic carbocycles. The number of nitrogen functional groups attached to an aromatic ring is 2. The molecule has 2 saturated heterocycles. The molecule has 4 N–H and O–H groups in total. The summed E-state index contributed by atoms with van der Waals surface area (Å²) in [6.45, 7) is 8.41.